The average Bonchev–Trinajstić information content (AvgIpc) is 3.15. The number of hydrogen-bond donors (Lipinski definition) is 0. The highest BCUT2D eigenvalue weighted by molar-refractivity contribution is 7.92. The van der Waals surface area contributed by atoms with E-state index in [1.165, 1.54) is 11.1 Å². The number of fused-ring (bicyclic) bond motifs is 4. The van der Waals surface area contributed by atoms with Crippen molar-refractivity contribution < 1.29 is 27.4 Å². The minimum absolute atomic E-state index is 0.0643. The molecule has 2 heterocycles. The Morgan fingerprint density at radius 2 is 1.98 bits per heavy atom. The lowest BCUT2D eigenvalue weighted by Crippen LogP contribution is -2.49. The lowest BCUT2D eigenvalue weighted by Gasteiger charge is -2.46. The third-order valence-corrected chi connectivity index (χ3v) is 13.1. The minimum atomic E-state index is -3.63. The highest BCUT2D eigenvalue weighted by atomic mass is 35.5. The van der Waals surface area contributed by atoms with Crippen LogP contribution in [0.1, 0.15) is 73.4 Å². The van der Waals surface area contributed by atoms with Crippen LogP contribution in [0.15, 0.2) is 48.6 Å². The number of rotatable bonds is 5. The third kappa shape index (κ3) is 6.85. The highest BCUT2D eigenvalue weighted by Gasteiger charge is 2.44. The molecule has 0 radical (unpaired) electrons. The Hall–Kier alpha value is -2.39. The van der Waals surface area contributed by atoms with Gasteiger partial charge in [0.15, 0.2) is 15.6 Å². The summed E-state index contributed by atoms with van der Waals surface area (Å²) in [6.45, 7) is 5.00. The van der Waals surface area contributed by atoms with Gasteiger partial charge < -0.3 is 19.1 Å². The lowest BCUT2D eigenvalue weighted by atomic mass is 9.68. The Morgan fingerprint density at radius 3 is 2.76 bits per heavy atom. The molecule has 2 aliphatic carbocycles. The molecule has 1 fully saturated rings. The van der Waals surface area contributed by atoms with Crippen LogP contribution in [-0.4, -0.2) is 71.3 Å². The molecule has 1 spiro atoms. The first kappa shape index (κ1) is 32.5. The maximum Gasteiger partial charge on any atom is 0.177 e. The van der Waals surface area contributed by atoms with E-state index in [1.54, 1.807) is 13.2 Å². The third-order valence-electron chi connectivity index (χ3n) is 10.6. The summed E-state index contributed by atoms with van der Waals surface area (Å²) in [7, 11) is -1.94. The van der Waals surface area contributed by atoms with Crippen LogP contribution in [0.2, 0.25) is 5.02 Å². The van der Waals surface area contributed by atoms with Crippen molar-refractivity contribution in [2.45, 2.75) is 75.1 Å². The van der Waals surface area contributed by atoms with E-state index >= 15 is 0 Å². The van der Waals surface area contributed by atoms with Gasteiger partial charge in [0.05, 0.1) is 36.9 Å². The zero-order chi connectivity index (χ0) is 31.6. The molecule has 6 rings (SSSR count). The molecule has 2 aromatic rings. The topological polar surface area (TPSA) is 82.1 Å². The Labute approximate surface area is 273 Å². The zero-order valence-corrected chi connectivity index (χ0v) is 28.1. The van der Waals surface area contributed by atoms with Gasteiger partial charge in [0, 0.05) is 36.2 Å². The Kier molecular flexibility index (Phi) is 9.95. The summed E-state index contributed by atoms with van der Waals surface area (Å²) < 4.78 is 45.2. The SMILES string of the molecule is CC[C@@H]1CC/C=C/[C@H](OCCOC)[C@@H]2CC[C@H]2CN2C[C@@]3(CCCc4cc(Cl)ccc43)COc3ccc(cc32)C(=O)CS1(=O)=O. The number of anilines is 1. The molecule has 9 heteroatoms. The van der Waals surface area contributed by atoms with Crippen LogP contribution in [0.25, 0.3) is 0 Å². The molecule has 0 N–H and O–H groups in total. The lowest BCUT2D eigenvalue weighted by molar-refractivity contribution is -0.0309. The first-order valence-corrected chi connectivity index (χ1v) is 18.6. The molecule has 2 bridgehead atoms. The van der Waals surface area contributed by atoms with Gasteiger partial charge >= 0.3 is 0 Å². The van der Waals surface area contributed by atoms with E-state index in [0.29, 0.717) is 56.5 Å². The largest absolute Gasteiger partial charge is 0.490 e. The zero-order valence-electron chi connectivity index (χ0n) is 26.5. The summed E-state index contributed by atoms with van der Waals surface area (Å²) >= 11 is 6.43. The fraction of sp³-hybridized carbons (Fsp3) is 0.583. The number of allylic oxidation sites excluding steroid dienone is 1. The fourth-order valence-corrected chi connectivity index (χ4v) is 9.91. The van der Waals surface area contributed by atoms with Gasteiger partial charge in [-0.05, 0) is 105 Å². The van der Waals surface area contributed by atoms with E-state index < -0.39 is 20.8 Å². The molecule has 244 valence electrons. The Bertz CT molecular complexity index is 1530. The number of nitrogens with zero attached hydrogens (tertiary/aromatic N) is 1. The van der Waals surface area contributed by atoms with Gasteiger partial charge in [-0.15, -0.1) is 0 Å². The van der Waals surface area contributed by atoms with E-state index in [0.717, 1.165) is 61.7 Å². The van der Waals surface area contributed by atoms with Crippen molar-refractivity contribution in [3.63, 3.8) is 0 Å². The van der Waals surface area contributed by atoms with Crippen molar-refractivity contribution in [2.24, 2.45) is 11.8 Å². The van der Waals surface area contributed by atoms with E-state index in [2.05, 4.69) is 29.2 Å². The molecule has 5 atom stereocenters. The smallest absolute Gasteiger partial charge is 0.177 e. The van der Waals surface area contributed by atoms with Crippen LogP contribution in [-0.2, 0) is 31.1 Å². The molecule has 0 unspecified atom stereocenters. The molecular weight excluding hydrogens is 610 g/mol. The summed E-state index contributed by atoms with van der Waals surface area (Å²) in [5.74, 6) is 0.629. The molecule has 7 nitrogen and oxygen atoms in total. The molecule has 4 aliphatic rings. The molecular formula is C36H46ClNO6S. The van der Waals surface area contributed by atoms with Crippen molar-refractivity contribution in [1.82, 2.24) is 0 Å². The van der Waals surface area contributed by atoms with Crippen LogP contribution in [0, 0.1) is 11.8 Å². The van der Waals surface area contributed by atoms with E-state index in [-0.39, 0.29) is 17.3 Å². The summed E-state index contributed by atoms with van der Waals surface area (Å²) in [5.41, 5.74) is 3.63. The second-order valence-corrected chi connectivity index (χ2v) is 16.1. The van der Waals surface area contributed by atoms with Gasteiger partial charge in [-0.2, -0.15) is 0 Å². The predicted molar refractivity (Wildman–Crippen MR) is 179 cm³/mol. The van der Waals surface area contributed by atoms with E-state index in [9.17, 15) is 13.2 Å². The van der Waals surface area contributed by atoms with Crippen molar-refractivity contribution in [3.05, 3.63) is 70.3 Å². The first-order valence-electron chi connectivity index (χ1n) is 16.6. The quantitative estimate of drug-likeness (QED) is 0.265. The van der Waals surface area contributed by atoms with Gasteiger partial charge in [-0.1, -0.05) is 36.7 Å². The number of methoxy groups -OCH3 is 1. The van der Waals surface area contributed by atoms with Gasteiger partial charge in [-0.3, -0.25) is 4.79 Å². The molecule has 2 aromatic carbocycles. The molecule has 1 saturated carbocycles. The Balaban J connectivity index is 1.41. The van der Waals surface area contributed by atoms with E-state index in [4.69, 9.17) is 25.8 Å². The first-order chi connectivity index (χ1) is 21.7. The van der Waals surface area contributed by atoms with Crippen molar-refractivity contribution in [1.29, 1.82) is 0 Å². The second kappa shape index (κ2) is 13.8. The maximum atomic E-state index is 13.6. The summed E-state index contributed by atoms with van der Waals surface area (Å²) in [6.07, 6.45) is 11.0. The number of benzene rings is 2. The molecule has 0 aromatic heterocycles. The van der Waals surface area contributed by atoms with Crippen LogP contribution in [0.5, 0.6) is 5.75 Å². The van der Waals surface area contributed by atoms with Gasteiger partial charge in [-0.25, -0.2) is 8.42 Å². The summed E-state index contributed by atoms with van der Waals surface area (Å²) in [4.78, 5) is 16.0. The molecule has 2 aliphatic heterocycles. The monoisotopic (exact) mass is 655 g/mol. The Morgan fingerprint density at radius 1 is 1.11 bits per heavy atom. The predicted octanol–water partition coefficient (Wildman–Crippen LogP) is 6.60. The van der Waals surface area contributed by atoms with E-state index in [1.807, 2.05) is 25.1 Å². The average molecular weight is 656 g/mol. The van der Waals surface area contributed by atoms with Crippen LogP contribution >= 0.6 is 11.6 Å². The number of carbonyl (C=O) groups excluding carboxylic acids is 1. The van der Waals surface area contributed by atoms with Crippen molar-refractivity contribution in [3.8, 4) is 5.75 Å². The van der Waals surface area contributed by atoms with Crippen LogP contribution in [0.3, 0.4) is 0 Å². The normalized spacial score (nSPS) is 30.4. The highest BCUT2D eigenvalue weighted by Crippen LogP contribution is 2.47. The fourth-order valence-electron chi connectivity index (χ4n) is 7.95. The number of aryl methyl sites for hydroxylation is 1. The van der Waals surface area contributed by atoms with Gasteiger partial charge in [0.1, 0.15) is 11.5 Å². The van der Waals surface area contributed by atoms with Gasteiger partial charge in [0.25, 0.3) is 0 Å². The van der Waals surface area contributed by atoms with Crippen molar-refractivity contribution in [2.75, 3.05) is 50.7 Å². The maximum absolute atomic E-state index is 13.6. The number of carbonyl (C=O) groups is 1. The molecule has 45 heavy (non-hydrogen) atoms. The van der Waals surface area contributed by atoms with Crippen LogP contribution in [0.4, 0.5) is 5.69 Å². The minimum Gasteiger partial charge on any atom is -0.490 e. The number of Topliss-reactive ketones (excluding diaryl/α,β-unsaturated/α-hetero) is 1. The number of sulfone groups is 1. The van der Waals surface area contributed by atoms with Crippen molar-refractivity contribution >= 4 is 32.9 Å². The molecule has 0 saturated heterocycles. The number of halogens is 1. The number of ketones is 1. The summed E-state index contributed by atoms with van der Waals surface area (Å²) in [6, 6.07) is 11.7. The summed E-state index contributed by atoms with van der Waals surface area (Å²) in [5, 5.41) is 0.186. The standard InChI is InChI=1S/C36H46ClNO6S/c1-3-29-8-4-5-9-34(43-18-17-42-2)30-13-10-27(30)21-38-23-36(16-6-7-25-19-28(37)12-14-31(25)36)24-44-35-15-11-26(20-32(35)38)33(39)22-45(29,40)41/h5,9,11-12,14-15,19-20,27,29-30,34H,3-4,6-8,10,13,16-18,21-24H2,1-2H3/b9-5+/t27-,29+,30+,34-,36-/m0/s1. The number of ether oxygens (including phenoxy) is 3. The molecule has 0 amide bonds. The number of hydrogen-bond acceptors (Lipinski definition) is 7. The van der Waals surface area contributed by atoms with Gasteiger partial charge in [0.2, 0.25) is 0 Å². The second-order valence-electron chi connectivity index (χ2n) is 13.4. The van der Waals surface area contributed by atoms with Crippen LogP contribution < -0.4 is 9.64 Å².